The number of ether oxygens (including phenoxy) is 1. The molecule has 2 heterocycles. The van der Waals surface area contributed by atoms with Crippen LogP contribution in [0.15, 0.2) is 28.8 Å². The average molecular weight is 344 g/mol. The molecule has 0 bridgehead atoms. The Hall–Kier alpha value is -2.41. The minimum absolute atomic E-state index is 0.253. The highest BCUT2D eigenvalue weighted by Crippen LogP contribution is 2.21. The van der Waals surface area contributed by atoms with E-state index in [0.29, 0.717) is 24.7 Å². The van der Waals surface area contributed by atoms with Crippen molar-refractivity contribution in [1.82, 2.24) is 19.9 Å². The van der Waals surface area contributed by atoms with E-state index >= 15 is 0 Å². The number of amides is 1. The van der Waals surface area contributed by atoms with Crippen LogP contribution < -0.4 is 4.74 Å². The molecule has 0 saturated carbocycles. The van der Waals surface area contributed by atoms with Crippen LogP contribution in [0.1, 0.15) is 25.6 Å². The Labute approximate surface area is 147 Å². The standard InChI is InChI=1S/C18H24N4O3/c1-3-4-17(23)22-11-9-21(10-12-22)13-16-19-18(25-20-16)14-5-7-15(24-2)8-6-14/h5-8H,3-4,9-13H2,1-2H3. The molecule has 0 N–H and O–H groups in total. The van der Waals surface area contributed by atoms with E-state index < -0.39 is 0 Å². The molecule has 1 saturated heterocycles. The van der Waals surface area contributed by atoms with Crippen LogP contribution in [0.5, 0.6) is 5.75 Å². The number of rotatable bonds is 6. The Kier molecular flexibility index (Phi) is 5.65. The molecule has 0 unspecified atom stereocenters. The summed E-state index contributed by atoms with van der Waals surface area (Å²) < 4.78 is 10.5. The Balaban J connectivity index is 1.54. The highest BCUT2D eigenvalue weighted by atomic mass is 16.5. The number of nitrogens with zero attached hydrogens (tertiary/aromatic N) is 4. The van der Waals surface area contributed by atoms with Crippen molar-refractivity contribution in [1.29, 1.82) is 0 Å². The van der Waals surface area contributed by atoms with Gasteiger partial charge in [-0.3, -0.25) is 9.69 Å². The van der Waals surface area contributed by atoms with E-state index in [1.807, 2.05) is 36.1 Å². The van der Waals surface area contributed by atoms with Gasteiger partial charge >= 0.3 is 0 Å². The van der Waals surface area contributed by atoms with Gasteiger partial charge in [0.15, 0.2) is 5.82 Å². The normalized spacial score (nSPS) is 15.4. The molecule has 0 atom stereocenters. The Morgan fingerprint density at radius 1 is 1.20 bits per heavy atom. The van der Waals surface area contributed by atoms with Crippen LogP contribution in [-0.4, -0.2) is 59.1 Å². The van der Waals surface area contributed by atoms with Crippen molar-refractivity contribution in [2.45, 2.75) is 26.3 Å². The second-order valence-electron chi connectivity index (χ2n) is 6.15. The molecule has 0 aliphatic carbocycles. The van der Waals surface area contributed by atoms with Crippen LogP contribution in [0.25, 0.3) is 11.5 Å². The fourth-order valence-electron chi connectivity index (χ4n) is 2.90. The van der Waals surface area contributed by atoms with Gasteiger partial charge in [-0.05, 0) is 30.7 Å². The van der Waals surface area contributed by atoms with Crippen LogP contribution >= 0.6 is 0 Å². The zero-order chi connectivity index (χ0) is 17.6. The number of hydrogen-bond acceptors (Lipinski definition) is 6. The molecular weight excluding hydrogens is 320 g/mol. The SMILES string of the molecule is CCCC(=O)N1CCN(Cc2noc(-c3ccc(OC)cc3)n2)CC1. The first-order valence-corrected chi connectivity index (χ1v) is 8.66. The molecule has 0 spiro atoms. The first-order chi connectivity index (χ1) is 12.2. The number of piperazine rings is 1. The van der Waals surface area contributed by atoms with Crippen LogP contribution in [-0.2, 0) is 11.3 Å². The molecule has 1 amide bonds. The second kappa shape index (κ2) is 8.11. The molecule has 25 heavy (non-hydrogen) atoms. The first-order valence-electron chi connectivity index (χ1n) is 8.66. The van der Waals surface area contributed by atoms with Crippen LogP contribution in [0, 0.1) is 0 Å². The number of benzene rings is 1. The van der Waals surface area contributed by atoms with E-state index in [9.17, 15) is 4.79 Å². The molecule has 0 radical (unpaired) electrons. The summed E-state index contributed by atoms with van der Waals surface area (Å²) >= 11 is 0. The van der Waals surface area contributed by atoms with E-state index in [1.54, 1.807) is 7.11 Å². The fourth-order valence-corrected chi connectivity index (χ4v) is 2.90. The lowest BCUT2D eigenvalue weighted by Crippen LogP contribution is -2.48. The summed E-state index contributed by atoms with van der Waals surface area (Å²) in [5.41, 5.74) is 0.870. The highest BCUT2D eigenvalue weighted by molar-refractivity contribution is 5.76. The summed E-state index contributed by atoms with van der Waals surface area (Å²) in [6.45, 7) is 5.87. The Morgan fingerprint density at radius 2 is 1.92 bits per heavy atom. The highest BCUT2D eigenvalue weighted by Gasteiger charge is 2.21. The van der Waals surface area contributed by atoms with Crippen molar-refractivity contribution in [3.05, 3.63) is 30.1 Å². The lowest BCUT2D eigenvalue weighted by atomic mass is 10.2. The van der Waals surface area contributed by atoms with E-state index in [-0.39, 0.29) is 5.91 Å². The molecule has 3 rings (SSSR count). The Morgan fingerprint density at radius 3 is 2.56 bits per heavy atom. The average Bonchev–Trinajstić information content (AvgIpc) is 3.11. The smallest absolute Gasteiger partial charge is 0.257 e. The maximum atomic E-state index is 11.9. The van der Waals surface area contributed by atoms with Crippen molar-refractivity contribution in [3.8, 4) is 17.2 Å². The lowest BCUT2D eigenvalue weighted by molar-refractivity contribution is -0.133. The van der Waals surface area contributed by atoms with Gasteiger partial charge in [-0.1, -0.05) is 12.1 Å². The molecule has 1 fully saturated rings. The van der Waals surface area contributed by atoms with Crippen molar-refractivity contribution >= 4 is 5.91 Å². The summed E-state index contributed by atoms with van der Waals surface area (Å²) in [4.78, 5) is 20.6. The minimum Gasteiger partial charge on any atom is -0.497 e. The third kappa shape index (κ3) is 4.36. The monoisotopic (exact) mass is 344 g/mol. The molecule has 1 aromatic heterocycles. The number of hydrogen-bond donors (Lipinski definition) is 0. The van der Waals surface area contributed by atoms with Crippen LogP contribution in [0.3, 0.4) is 0 Å². The van der Waals surface area contributed by atoms with Gasteiger partial charge in [-0.25, -0.2) is 0 Å². The van der Waals surface area contributed by atoms with Gasteiger partial charge in [-0.15, -0.1) is 0 Å². The molecular formula is C18H24N4O3. The number of methoxy groups -OCH3 is 1. The summed E-state index contributed by atoms with van der Waals surface area (Å²) in [6, 6.07) is 7.53. The van der Waals surface area contributed by atoms with Gasteiger partial charge in [0.2, 0.25) is 5.91 Å². The second-order valence-corrected chi connectivity index (χ2v) is 6.15. The first kappa shape index (κ1) is 17.4. The van der Waals surface area contributed by atoms with Crippen molar-refractivity contribution < 1.29 is 14.1 Å². The third-order valence-electron chi connectivity index (χ3n) is 4.36. The maximum absolute atomic E-state index is 11.9. The summed E-state index contributed by atoms with van der Waals surface area (Å²) in [5, 5.41) is 4.07. The molecule has 1 aliphatic heterocycles. The van der Waals surface area contributed by atoms with E-state index in [1.165, 1.54) is 0 Å². The zero-order valence-electron chi connectivity index (χ0n) is 14.8. The minimum atomic E-state index is 0.253. The lowest BCUT2D eigenvalue weighted by Gasteiger charge is -2.34. The zero-order valence-corrected chi connectivity index (χ0v) is 14.8. The number of aromatic nitrogens is 2. The topological polar surface area (TPSA) is 71.7 Å². The summed E-state index contributed by atoms with van der Waals surface area (Å²) in [5.74, 6) is 2.22. The van der Waals surface area contributed by atoms with Crippen molar-refractivity contribution in [3.63, 3.8) is 0 Å². The molecule has 1 aliphatic rings. The van der Waals surface area contributed by atoms with Gasteiger partial charge in [0.25, 0.3) is 5.89 Å². The molecule has 1 aromatic carbocycles. The quantitative estimate of drug-likeness (QED) is 0.800. The van der Waals surface area contributed by atoms with Gasteiger partial charge in [0.05, 0.1) is 13.7 Å². The van der Waals surface area contributed by atoms with E-state index in [4.69, 9.17) is 9.26 Å². The molecule has 134 valence electrons. The molecule has 7 heteroatoms. The molecule has 2 aromatic rings. The maximum Gasteiger partial charge on any atom is 0.257 e. The third-order valence-corrected chi connectivity index (χ3v) is 4.36. The fraction of sp³-hybridized carbons (Fsp3) is 0.500. The largest absolute Gasteiger partial charge is 0.497 e. The van der Waals surface area contributed by atoms with Gasteiger partial charge in [0, 0.05) is 38.2 Å². The predicted octanol–water partition coefficient (Wildman–Crippen LogP) is 2.19. The van der Waals surface area contributed by atoms with E-state index in [0.717, 1.165) is 43.9 Å². The van der Waals surface area contributed by atoms with Gasteiger partial charge in [-0.2, -0.15) is 4.98 Å². The van der Waals surface area contributed by atoms with Crippen LogP contribution in [0.4, 0.5) is 0 Å². The van der Waals surface area contributed by atoms with Gasteiger partial charge in [0.1, 0.15) is 5.75 Å². The predicted molar refractivity (Wildman–Crippen MR) is 93.1 cm³/mol. The van der Waals surface area contributed by atoms with Crippen LogP contribution in [0.2, 0.25) is 0 Å². The Bertz CT molecular complexity index is 691. The molecule has 7 nitrogen and oxygen atoms in total. The van der Waals surface area contributed by atoms with Crippen molar-refractivity contribution in [2.75, 3.05) is 33.3 Å². The summed E-state index contributed by atoms with van der Waals surface area (Å²) in [7, 11) is 1.63. The van der Waals surface area contributed by atoms with E-state index in [2.05, 4.69) is 15.0 Å². The number of carbonyl (C=O) groups is 1. The number of carbonyl (C=O) groups excluding carboxylic acids is 1. The van der Waals surface area contributed by atoms with Crippen molar-refractivity contribution in [2.24, 2.45) is 0 Å². The summed E-state index contributed by atoms with van der Waals surface area (Å²) in [6.07, 6.45) is 1.53. The van der Waals surface area contributed by atoms with Gasteiger partial charge < -0.3 is 14.2 Å².